The first-order valence-electron chi connectivity index (χ1n) is 5.97. The maximum atomic E-state index is 10.5. The van der Waals surface area contributed by atoms with Gasteiger partial charge in [-0.3, -0.25) is 0 Å². The lowest BCUT2D eigenvalue weighted by molar-refractivity contribution is -0.143. The van der Waals surface area contributed by atoms with Gasteiger partial charge in [0.1, 0.15) is 0 Å². The molecule has 1 aliphatic carbocycles. The molecule has 2 rings (SSSR count). The Morgan fingerprint density at radius 2 is 2.06 bits per heavy atom. The number of aryl methyl sites for hydroxylation is 1. The number of aliphatic hydroxyl groups is 1. The average molecular weight is 220 g/mol. The number of hydrogen-bond donors (Lipinski definition) is 1. The van der Waals surface area contributed by atoms with E-state index in [1.807, 2.05) is 19.1 Å². The maximum Gasteiger partial charge on any atom is 0.0948 e. The number of rotatable bonds is 3. The molecule has 1 fully saturated rings. The Morgan fingerprint density at radius 1 is 1.38 bits per heavy atom. The second-order valence-corrected chi connectivity index (χ2v) is 4.76. The van der Waals surface area contributed by atoms with E-state index in [9.17, 15) is 5.11 Å². The van der Waals surface area contributed by atoms with Gasteiger partial charge in [0.05, 0.1) is 11.7 Å². The van der Waals surface area contributed by atoms with Crippen LogP contribution in [0, 0.1) is 13.8 Å². The maximum absolute atomic E-state index is 10.5. The van der Waals surface area contributed by atoms with E-state index in [1.165, 1.54) is 11.1 Å². The van der Waals surface area contributed by atoms with Gasteiger partial charge in [-0.05, 0) is 37.5 Å². The molecule has 1 aliphatic rings. The normalized spacial score (nSPS) is 28.9. The summed E-state index contributed by atoms with van der Waals surface area (Å²) in [5, 5.41) is 10.5. The summed E-state index contributed by atoms with van der Waals surface area (Å²) in [6.07, 6.45) is 1.69. The molecule has 0 aliphatic heterocycles. The fourth-order valence-electron chi connectivity index (χ4n) is 2.52. The zero-order chi connectivity index (χ0) is 11.8. The van der Waals surface area contributed by atoms with Crippen molar-refractivity contribution >= 4 is 0 Å². The number of ether oxygens (including phenoxy) is 1. The molecule has 0 radical (unpaired) electrons. The smallest absolute Gasteiger partial charge is 0.0948 e. The van der Waals surface area contributed by atoms with E-state index in [4.69, 9.17) is 4.74 Å². The predicted molar refractivity (Wildman–Crippen MR) is 64.5 cm³/mol. The number of benzene rings is 1. The molecule has 0 unspecified atom stereocenters. The molecule has 1 aromatic rings. The molecule has 1 saturated carbocycles. The Balaban J connectivity index is 2.17. The van der Waals surface area contributed by atoms with E-state index in [2.05, 4.69) is 19.9 Å². The zero-order valence-corrected chi connectivity index (χ0v) is 10.3. The Morgan fingerprint density at radius 3 is 2.69 bits per heavy atom. The zero-order valence-electron chi connectivity index (χ0n) is 10.3. The van der Waals surface area contributed by atoms with Crippen LogP contribution in [0.25, 0.3) is 0 Å². The lowest BCUT2D eigenvalue weighted by Gasteiger charge is -2.44. The minimum Gasteiger partial charge on any atom is -0.385 e. The van der Waals surface area contributed by atoms with Crippen LogP contribution in [-0.4, -0.2) is 17.8 Å². The molecule has 0 saturated heterocycles. The molecule has 16 heavy (non-hydrogen) atoms. The largest absolute Gasteiger partial charge is 0.385 e. The van der Waals surface area contributed by atoms with Gasteiger partial charge in [-0.1, -0.05) is 18.2 Å². The first kappa shape index (κ1) is 11.6. The van der Waals surface area contributed by atoms with Gasteiger partial charge >= 0.3 is 0 Å². The molecule has 2 heteroatoms. The highest BCUT2D eigenvalue weighted by Gasteiger charge is 2.45. The summed E-state index contributed by atoms with van der Waals surface area (Å²) in [6, 6.07) is 6.13. The molecular formula is C14H20O2. The van der Waals surface area contributed by atoms with Crippen molar-refractivity contribution in [2.75, 3.05) is 6.61 Å². The summed E-state index contributed by atoms with van der Waals surface area (Å²) >= 11 is 0. The highest BCUT2D eigenvalue weighted by atomic mass is 16.5. The Labute approximate surface area is 97.3 Å². The lowest BCUT2D eigenvalue weighted by atomic mass is 9.71. The monoisotopic (exact) mass is 220 g/mol. The second kappa shape index (κ2) is 4.19. The van der Waals surface area contributed by atoms with E-state index >= 15 is 0 Å². The third-order valence-corrected chi connectivity index (χ3v) is 3.64. The van der Waals surface area contributed by atoms with Crippen molar-refractivity contribution in [1.29, 1.82) is 0 Å². The molecule has 0 aromatic heterocycles. The Bertz CT molecular complexity index is 378. The van der Waals surface area contributed by atoms with Gasteiger partial charge in [0.25, 0.3) is 0 Å². The van der Waals surface area contributed by atoms with Gasteiger partial charge < -0.3 is 9.84 Å². The third-order valence-electron chi connectivity index (χ3n) is 3.64. The Hall–Kier alpha value is -0.860. The van der Waals surface area contributed by atoms with E-state index in [1.54, 1.807) is 0 Å². The SMILES string of the molecule is CCOC1CC(O)(c2cccc(C)c2C)C1. The minimum absolute atomic E-state index is 0.231. The van der Waals surface area contributed by atoms with Gasteiger partial charge in [0.15, 0.2) is 0 Å². The van der Waals surface area contributed by atoms with Crippen molar-refractivity contribution < 1.29 is 9.84 Å². The van der Waals surface area contributed by atoms with Gasteiger partial charge in [-0.2, -0.15) is 0 Å². The van der Waals surface area contributed by atoms with Crippen molar-refractivity contribution in [3.63, 3.8) is 0 Å². The first-order chi connectivity index (χ1) is 7.57. The van der Waals surface area contributed by atoms with Crippen LogP contribution in [0.1, 0.15) is 36.5 Å². The summed E-state index contributed by atoms with van der Waals surface area (Å²) in [5.41, 5.74) is 2.87. The molecular weight excluding hydrogens is 200 g/mol. The van der Waals surface area contributed by atoms with Crippen LogP contribution in [0.4, 0.5) is 0 Å². The average Bonchev–Trinajstić information content (AvgIpc) is 2.20. The predicted octanol–water partition coefficient (Wildman–Crippen LogP) is 2.69. The molecule has 0 bridgehead atoms. The molecule has 88 valence electrons. The van der Waals surface area contributed by atoms with Crippen molar-refractivity contribution in [3.05, 3.63) is 34.9 Å². The van der Waals surface area contributed by atoms with E-state index < -0.39 is 5.60 Å². The molecule has 2 nitrogen and oxygen atoms in total. The van der Waals surface area contributed by atoms with E-state index in [0.717, 1.165) is 25.0 Å². The van der Waals surface area contributed by atoms with Crippen LogP contribution in [0.3, 0.4) is 0 Å². The van der Waals surface area contributed by atoms with E-state index in [0.29, 0.717) is 0 Å². The van der Waals surface area contributed by atoms with Crippen LogP contribution in [-0.2, 0) is 10.3 Å². The van der Waals surface area contributed by atoms with Crippen molar-refractivity contribution in [2.24, 2.45) is 0 Å². The van der Waals surface area contributed by atoms with Crippen LogP contribution in [0.5, 0.6) is 0 Å². The quantitative estimate of drug-likeness (QED) is 0.848. The topological polar surface area (TPSA) is 29.5 Å². The minimum atomic E-state index is -0.657. The van der Waals surface area contributed by atoms with Gasteiger partial charge in [-0.15, -0.1) is 0 Å². The molecule has 0 spiro atoms. The van der Waals surface area contributed by atoms with Gasteiger partial charge in [0, 0.05) is 19.4 Å². The van der Waals surface area contributed by atoms with E-state index in [-0.39, 0.29) is 6.10 Å². The fraction of sp³-hybridized carbons (Fsp3) is 0.571. The molecule has 0 heterocycles. The molecule has 0 atom stereocenters. The van der Waals surface area contributed by atoms with Crippen LogP contribution < -0.4 is 0 Å². The van der Waals surface area contributed by atoms with Crippen LogP contribution in [0.15, 0.2) is 18.2 Å². The van der Waals surface area contributed by atoms with Crippen LogP contribution in [0.2, 0.25) is 0 Å². The Kier molecular flexibility index (Phi) is 3.04. The van der Waals surface area contributed by atoms with Crippen molar-refractivity contribution in [1.82, 2.24) is 0 Å². The first-order valence-corrected chi connectivity index (χ1v) is 5.97. The molecule has 1 N–H and O–H groups in total. The third kappa shape index (κ3) is 1.87. The summed E-state index contributed by atoms with van der Waals surface area (Å²) in [5.74, 6) is 0. The molecule has 1 aromatic carbocycles. The summed E-state index contributed by atoms with van der Waals surface area (Å²) < 4.78 is 5.50. The number of hydrogen-bond acceptors (Lipinski definition) is 2. The lowest BCUT2D eigenvalue weighted by Crippen LogP contribution is -2.46. The second-order valence-electron chi connectivity index (χ2n) is 4.76. The van der Waals surface area contributed by atoms with Crippen molar-refractivity contribution in [2.45, 2.75) is 45.3 Å². The van der Waals surface area contributed by atoms with Crippen molar-refractivity contribution in [3.8, 4) is 0 Å². The summed E-state index contributed by atoms with van der Waals surface area (Å²) in [4.78, 5) is 0. The summed E-state index contributed by atoms with van der Waals surface area (Å²) in [6.45, 7) is 6.89. The summed E-state index contributed by atoms with van der Waals surface area (Å²) in [7, 11) is 0. The van der Waals surface area contributed by atoms with Crippen LogP contribution >= 0.6 is 0 Å². The van der Waals surface area contributed by atoms with Gasteiger partial charge in [-0.25, -0.2) is 0 Å². The fourth-order valence-corrected chi connectivity index (χ4v) is 2.52. The van der Waals surface area contributed by atoms with Gasteiger partial charge in [0.2, 0.25) is 0 Å². The highest BCUT2D eigenvalue weighted by Crippen LogP contribution is 2.44. The standard InChI is InChI=1S/C14H20O2/c1-4-16-12-8-14(15,9-12)13-7-5-6-10(2)11(13)3/h5-7,12,15H,4,8-9H2,1-3H3. The molecule has 0 amide bonds. The highest BCUT2D eigenvalue weighted by molar-refractivity contribution is 5.38.